The van der Waals surface area contributed by atoms with Crippen LogP contribution in [0.15, 0.2) is 30.3 Å². The number of benzene rings is 2. The van der Waals surface area contributed by atoms with Crippen molar-refractivity contribution in [1.82, 2.24) is 0 Å². The molecule has 0 bridgehead atoms. The van der Waals surface area contributed by atoms with Crippen molar-refractivity contribution in [2.45, 2.75) is 40.7 Å². The summed E-state index contributed by atoms with van der Waals surface area (Å²) in [4.78, 5) is 0. The van der Waals surface area contributed by atoms with E-state index in [9.17, 15) is 0 Å². The maximum atomic E-state index is 6.12. The first-order valence-corrected chi connectivity index (χ1v) is 9.23. The number of hydrogen-bond acceptors (Lipinski definition) is 4. The van der Waals surface area contributed by atoms with Crippen LogP contribution in [0.2, 0.25) is 0 Å². The van der Waals surface area contributed by atoms with Crippen molar-refractivity contribution in [1.29, 1.82) is 0 Å². The molecule has 0 amide bonds. The van der Waals surface area contributed by atoms with Gasteiger partial charge >= 0.3 is 0 Å². The number of methoxy groups -OCH3 is 1. The van der Waals surface area contributed by atoms with Crippen molar-refractivity contribution in [3.8, 4) is 11.5 Å². The molecule has 0 unspecified atom stereocenters. The van der Waals surface area contributed by atoms with Gasteiger partial charge in [0.05, 0.1) is 25.0 Å². The molecule has 2 aromatic rings. The maximum Gasteiger partial charge on any atom is 0.261 e. The van der Waals surface area contributed by atoms with Crippen LogP contribution in [0, 0.1) is 13.8 Å². The summed E-state index contributed by atoms with van der Waals surface area (Å²) in [6.45, 7) is 9.13. The molecule has 0 heterocycles. The Bertz CT molecular complexity index is 774. The Hall–Kier alpha value is -2.27. The van der Waals surface area contributed by atoms with Gasteiger partial charge in [-0.1, -0.05) is 19.1 Å². The summed E-state index contributed by atoms with van der Waals surface area (Å²) in [5.74, 6) is 1.62. The van der Waals surface area contributed by atoms with Crippen LogP contribution < -0.4 is 14.8 Å². The summed E-state index contributed by atoms with van der Waals surface area (Å²) in [6, 6.07) is 10.0. The minimum atomic E-state index is 0.335. The molecule has 4 nitrogen and oxygen atoms in total. The molecule has 0 saturated heterocycles. The highest BCUT2D eigenvalue weighted by Gasteiger charge is 2.13. The van der Waals surface area contributed by atoms with E-state index < -0.39 is 0 Å². The summed E-state index contributed by atoms with van der Waals surface area (Å²) < 4.78 is 17.0. The van der Waals surface area contributed by atoms with E-state index >= 15 is 0 Å². The normalized spacial score (nSPS) is 10.3. The lowest BCUT2D eigenvalue weighted by Crippen LogP contribution is -2.15. The monoisotopic (exact) mass is 373 g/mol. The van der Waals surface area contributed by atoms with Crippen LogP contribution in [-0.2, 0) is 17.8 Å². The Morgan fingerprint density at radius 3 is 2.50 bits per heavy atom. The van der Waals surface area contributed by atoms with E-state index in [2.05, 4.69) is 38.2 Å². The first-order valence-electron chi connectivity index (χ1n) is 8.82. The van der Waals surface area contributed by atoms with Gasteiger partial charge in [-0.05, 0) is 74.3 Å². The van der Waals surface area contributed by atoms with E-state index in [1.165, 1.54) is 11.1 Å². The molecule has 2 rings (SSSR count). The molecule has 0 aliphatic rings. The van der Waals surface area contributed by atoms with Gasteiger partial charge in [0.1, 0.15) is 18.1 Å². The fourth-order valence-corrected chi connectivity index (χ4v) is 3.06. The van der Waals surface area contributed by atoms with E-state index in [0.29, 0.717) is 18.4 Å². The van der Waals surface area contributed by atoms with Crippen LogP contribution in [-0.4, -0.2) is 18.9 Å². The highest BCUT2D eigenvalue weighted by Crippen LogP contribution is 2.30. The third kappa shape index (κ3) is 4.88. The predicted octanol–water partition coefficient (Wildman–Crippen LogP) is 5.19. The third-order valence-corrected chi connectivity index (χ3v) is 4.47. The van der Waals surface area contributed by atoms with Crippen LogP contribution >= 0.6 is 12.2 Å². The van der Waals surface area contributed by atoms with Crippen molar-refractivity contribution < 1.29 is 14.2 Å². The van der Waals surface area contributed by atoms with Gasteiger partial charge in [0.2, 0.25) is 0 Å². The SMILES string of the molecule is CCOC(=S)Nc1cccc(OC)c1COc1cc(C)c(CC)cc1C. The minimum absolute atomic E-state index is 0.335. The number of rotatable bonds is 7. The van der Waals surface area contributed by atoms with Crippen molar-refractivity contribution in [3.63, 3.8) is 0 Å². The Kier molecular flexibility index (Phi) is 7.27. The number of aryl methyl sites for hydroxylation is 3. The van der Waals surface area contributed by atoms with Gasteiger partial charge in [0.15, 0.2) is 0 Å². The Morgan fingerprint density at radius 2 is 1.85 bits per heavy atom. The molecule has 0 saturated carbocycles. The van der Waals surface area contributed by atoms with Crippen molar-refractivity contribution >= 4 is 23.1 Å². The van der Waals surface area contributed by atoms with E-state index in [-0.39, 0.29) is 0 Å². The number of anilines is 1. The zero-order chi connectivity index (χ0) is 19.1. The molecule has 0 aliphatic carbocycles. The molecular weight excluding hydrogens is 346 g/mol. The van der Waals surface area contributed by atoms with E-state index in [0.717, 1.165) is 34.7 Å². The molecule has 0 aliphatic heterocycles. The Balaban J connectivity index is 2.25. The van der Waals surface area contributed by atoms with E-state index in [1.807, 2.05) is 25.1 Å². The van der Waals surface area contributed by atoms with Gasteiger partial charge in [-0.15, -0.1) is 0 Å². The van der Waals surface area contributed by atoms with Gasteiger partial charge in [-0.25, -0.2) is 0 Å². The smallest absolute Gasteiger partial charge is 0.261 e. The standard InChI is InChI=1S/C21H27NO3S/c1-6-16-11-15(4)20(12-14(16)3)25-13-17-18(22-21(26)24-7-2)9-8-10-19(17)23-5/h8-12H,6-7,13H2,1-5H3,(H,22,26). The number of nitrogens with one attached hydrogen (secondary N) is 1. The van der Waals surface area contributed by atoms with Crippen molar-refractivity contribution in [2.75, 3.05) is 19.0 Å². The lowest BCUT2D eigenvalue weighted by Gasteiger charge is -2.18. The van der Waals surface area contributed by atoms with Crippen LogP contribution in [0.4, 0.5) is 5.69 Å². The molecule has 0 fully saturated rings. The molecule has 0 radical (unpaired) electrons. The van der Waals surface area contributed by atoms with Crippen molar-refractivity contribution in [3.05, 3.63) is 52.6 Å². The maximum absolute atomic E-state index is 6.12. The Labute approximate surface area is 161 Å². The lowest BCUT2D eigenvalue weighted by molar-refractivity contribution is 0.295. The van der Waals surface area contributed by atoms with Gasteiger partial charge in [0, 0.05) is 0 Å². The zero-order valence-corrected chi connectivity index (χ0v) is 17.0. The third-order valence-electron chi connectivity index (χ3n) is 4.25. The van der Waals surface area contributed by atoms with E-state index in [1.54, 1.807) is 7.11 Å². The molecule has 0 spiro atoms. The first-order chi connectivity index (χ1) is 12.5. The summed E-state index contributed by atoms with van der Waals surface area (Å²) >= 11 is 5.20. The van der Waals surface area contributed by atoms with Crippen LogP contribution in [0.25, 0.3) is 0 Å². The molecule has 0 aromatic heterocycles. The quantitative estimate of drug-likeness (QED) is 0.677. The van der Waals surface area contributed by atoms with Gasteiger partial charge < -0.3 is 19.5 Å². The molecular formula is C21H27NO3S. The van der Waals surface area contributed by atoms with Gasteiger partial charge in [-0.3, -0.25) is 0 Å². The van der Waals surface area contributed by atoms with Crippen LogP contribution in [0.3, 0.4) is 0 Å². The summed E-state index contributed by atoms with van der Waals surface area (Å²) in [7, 11) is 1.65. The van der Waals surface area contributed by atoms with Crippen LogP contribution in [0.5, 0.6) is 11.5 Å². The van der Waals surface area contributed by atoms with Gasteiger partial charge in [-0.2, -0.15) is 0 Å². The molecule has 1 N–H and O–H groups in total. The van der Waals surface area contributed by atoms with Crippen LogP contribution in [0.1, 0.15) is 36.1 Å². The lowest BCUT2D eigenvalue weighted by atomic mass is 10.0. The fourth-order valence-electron chi connectivity index (χ4n) is 2.84. The average molecular weight is 374 g/mol. The first kappa shape index (κ1) is 20.0. The molecule has 140 valence electrons. The van der Waals surface area contributed by atoms with Crippen molar-refractivity contribution in [2.24, 2.45) is 0 Å². The molecule has 0 atom stereocenters. The van der Waals surface area contributed by atoms with E-state index in [4.69, 9.17) is 26.4 Å². The summed E-state index contributed by atoms with van der Waals surface area (Å²) in [5.41, 5.74) is 5.43. The topological polar surface area (TPSA) is 39.7 Å². The summed E-state index contributed by atoms with van der Waals surface area (Å²) in [6.07, 6.45) is 1.02. The average Bonchev–Trinajstić information content (AvgIpc) is 2.62. The molecule has 26 heavy (non-hydrogen) atoms. The second-order valence-electron chi connectivity index (χ2n) is 6.02. The van der Waals surface area contributed by atoms with Gasteiger partial charge in [0.25, 0.3) is 5.17 Å². The molecule has 5 heteroatoms. The highest BCUT2D eigenvalue weighted by molar-refractivity contribution is 7.80. The second-order valence-corrected chi connectivity index (χ2v) is 6.39. The fraction of sp³-hybridized carbons (Fsp3) is 0.381. The molecule has 2 aromatic carbocycles. The minimum Gasteiger partial charge on any atom is -0.496 e. The number of hydrogen-bond donors (Lipinski definition) is 1. The highest BCUT2D eigenvalue weighted by atomic mass is 32.1. The second kappa shape index (κ2) is 9.43. The Morgan fingerprint density at radius 1 is 1.08 bits per heavy atom. The number of ether oxygens (including phenoxy) is 3. The largest absolute Gasteiger partial charge is 0.496 e. The number of thiocarbonyl (C=S) groups is 1. The zero-order valence-electron chi connectivity index (χ0n) is 16.1. The predicted molar refractivity (Wildman–Crippen MR) is 110 cm³/mol. The summed E-state index contributed by atoms with van der Waals surface area (Å²) in [5, 5.41) is 3.45.